The number of aromatic nitrogens is 4. The van der Waals surface area contributed by atoms with Crippen LogP contribution in [0, 0.1) is 0 Å². The number of amides is 1. The Morgan fingerprint density at radius 1 is 1.06 bits per heavy atom. The first kappa shape index (κ1) is 22.8. The first-order chi connectivity index (χ1) is 15.7. The highest BCUT2D eigenvalue weighted by Gasteiger charge is 2.42. The Bertz CT molecular complexity index is 1110. The van der Waals surface area contributed by atoms with Gasteiger partial charge in [-0.25, -0.2) is 14.4 Å². The summed E-state index contributed by atoms with van der Waals surface area (Å²) < 4.78 is 54.0. The summed E-state index contributed by atoms with van der Waals surface area (Å²) in [6, 6.07) is 7.09. The second-order valence-electron chi connectivity index (χ2n) is 8.02. The number of hydrogen-bond acceptors (Lipinski definition) is 5. The molecule has 0 aliphatic carbocycles. The van der Waals surface area contributed by atoms with Crippen molar-refractivity contribution in [3.63, 3.8) is 0 Å². The van der Waals surface area contributed by atoms with E-state index < -0.39 is 23.5 Å². The third kappa shape index (κ3) is 4.69. The van der Waals surface area contributed by atoms with E-state index in [1.54, 1.807) is 42.4 Å². The molecule has 3 aromatic rings. The van der Waals surface area contributed by atoms with Crippen molar-refractivity contribution in [2.24, 2.45) is 0 Å². The molecule has 1 aliphatic rings. The number of piperidine rings is 1. The number of nitrogens with zero attached hydrogens (tertiary/aromatic N) is 5. The van der Waals surface area contributed by atoms with Crippen molar-refractivity contribution in [3.05, 3.63) is 72.1 Å². The highest BCUT2D eigenvalue weighted by atomic mass is 19.4. The molecule has 1 amide bonds. The van der Waals surface area contributed by atoms with Crippen molar-refractivity contribution in [1.29, 1.82) is 0 Å². The highest BCUT2D eigenvalue weighted by Crippen LogP contribution is 2.40. The Balaban J connectivity index is 1.47. The SMILES string of the molecule is C[C@@H](c1ccc(C(F)(F)F)nc1)C1(F)CCN(C(=O)c2cccnc2-c2ccncn2)CC1. The molecule has 1 saturated heterocycles. The molecule has 1 atom stereocenters. The number of halogens is 4. The zero-order valence-corrected chi connectivity index (χ0v) is 17.8. The van der Waals surface area contributed by atoms with Gasteiger partial charge in [-0.15, -0.1) is 0 Å². The van der Waals surface area contributed by atoms with E-state index >= 15 is 4.39 Å². The third-order valence-corrected chi connectivity index (χ3v) is 6.10. The quantitative estimate of drug-likeness (QED) is 0.529. The van der Waals surface area contributed by atoms with Gasteiger partial charge in [-0.05, 0) is 42.7 Å². The molecule has 3 aromatic heterocycles. The second-order valence-corrected chi connectivity index (χ2v) is 8.02. The van der Waals surface area contributed by atoms with Gasteiger partial charge in [0.15, 0.2) is 0 Å². The van der Waals surface area contributed by atoms with Crippen LogP contribution in [0.3, 0.4) is 0 Å². The molecule has 4 heterocycles. The molecule has 1 aliphatic heterocycles. The molecule has 1 fully saturated rings. The average Bonchev–Trinajstić information content (AvgIpc) is 2.84. The number of likely N-dealkylation sites (tertiary alicyclic amines) is 1. The summed E-state index contributed by atoms with van der Waals surface area (Å²) >= 11 is 0. The van der Waals surface area contributed by atoms with Crippen molar-refractivity contribution in [2.75, 3.05) is 13.1 Å². The van der Waals surface area contributed by atoms with Crippen LogP contribution in [0.15, 0.2) is 55.2 Å². The van der Waals surface area contributed by atoms with E-state index in [2.05, 4.69) is 19.9 Å². The molecule has 0 unspecified atom stereocenters. The molecule has 0 N–H and O–H groups in total. The Kier molecular flexibility index (Phi) is 6.09. The summed E-state index contributed by atoms with van der Waals surface area (Å²) in [6.07, 6.45) is 1.15. The molecule has 4 rings (SSSR count). The zero-order valence-electron chi connectivity index (χ0n) is 17.8. The molecular formula is C23H21F4N5O. The molecule has 172 valence electrons. The zero-order chi connectivity index (χ0) is 23.6. The van der Waals surface area contributed by atoms with Crippen LogP contribution in [0.1, 0.15) is 47.3 Å². The minimum Gasteiger partial charge on any atom is -0.338 e. The van der Waals surface area contributed by atoms with Crippen LogP contribution in [-0.2, 0) is 6.18 Å². The Morgan fingerprint density at radius 2 is 1.82 bits per heavy atom. The van der Waals surface area contributed by atoms with Crippen molar-refractivity contribution in [3.8, 4) is 11.4 Å². The van der Waals surface area contributed by atoms with Crippen LogP contribution in [-0.4, -0.2) is 49.5 Å². The third-order valence-electron chi connectivity index (χ3n) is 6.10. The number of carbonyl (C=O) groups is 1. The number of rotatable bonds is 4. The molecule has 0 aromatic carbocycles. The van der Waals surface area contributed by atoms with Gasteiger partial charge >= 0.3 is 6.18 Å². The lowest BCUT2D eigenvalue weighted by molar-refractivity contribution is -0.141. The fraction of sp³-hybridized carbons (Fsp3) is 0.348. The largest absolute Gasteiger partial charge is 0.433 e. The van der Waals surface area contributed by atoms with Crippen molar-refractivity contribution < 1.29 is 22.4 Å². The van der Waals surface area contributed by atoms with Gasteiger partial charge in [-0.2, -0.15) is 13.2 Å². The predicted octanol–water partition coefficient (Wildman–Crippen LogP) is 4.70. The fourth-order valence-electron chi connectivity index (χ4n) is 4.03. The van der Waals surface area contributed by atoms with Gasteiger partial charge < -0.3 is 4.90 Å². The maximum absolute atomic E-state index is 15.8. The molecular weight excluding hydrogens is 438 g/mol. The van der Waals surface area contributed by atoms with Crippen LogP contribution >= 0.6 is 0 Å². The molecule has 10 heteroatoms. The Morgan fingerprint density at radius 3 is 2.42 bits per heavy atom. The molecule has 0 radical (unpaired) electrons. The predicted molar refractivity (Wildman–Crippen MR) is 112 cm³/mol. The second kappa shape index (κ2) is 8.84. The van der Waals surface area contributed by atoms with Gasteiger partial charge in [0.05, 0.1) is 11.3 Å². The summed E-state index contributed by atoms with van der Waals surface area (Å²) in [5.74, 6) is -0.942. The lowest BCUT2D eigenvalue weighted by atomic mass is 9.78. The number of pyridine rings is 2. The average molecular weight is 459 g/mol. The standard InChI is InChI=1S/C23H21F4N5O/c1-15(16-4-5-19(30-13-16)23(25,26)27)22(24)7-11-32(12-8-22)21(33)17-3-2-9-29-20(17)18-6-10-28-14-31-18/h2-6,9-10,13-15H,7-8,11-12H2,1H3/t15-/m0/s1. The number of alkyl halides is 4. The van der Waals surface area contributed by atoms with Gasteiger partial charge in [0.25, 0.3) is 5.91 Å². The molecule has 0 saturated carbocycles. The maximum atomic E-state index is 15.8. The van der Waals surface area contributed by atoms with E-state index in [0.717, 1.165) is 12.3 Å². The van der Waals surface area contributed by atoms with Crippen molar-refractivity contribution >= 4 is 5.91 Å². The number of hydrogen-bond donors (Lipinski definition) is 0. The summed E-state index contributed by atoms with van der Waals surface area (Å²) in [7, 11) is 0. The van der Waals surface area contributed by atoms with E-state index in [-0.39, 0.29) is 31.8 Å². The van der Waals surface area contributed by atoms with Crippen LogP contribution in [0.2, 0.25) is 0 Å². The Labute approximate surface area is 187 Å². The van der Waals surface area contributed by atoms with Crippen molar-refractivity contribution in [2.45, 2.75) is 37.5 Å². The Hall–Kier alpha value is -3.43. The topological polar surface area (TPSA) is 71.9 Å². The number of carbonyl (C=O) groups excluding carboxylic acids is 1. The molecule has 0 bridgehead atoms. The monoisotopic (exact) mass is 459 g/mol. The van der Waals surface area contributed by atoms with Crippen molar-refractivity contribution in [1.82, 2.24) is 24.8 Å². The van der Waals surface area contributed by atoms with Gasteiger partial charge in [0.2, 0.25) is 0 Å². The summed E-state index contributed by atoms with van der Waals surface area (Å²) in [6.45, 7) is 1.98. The van der Waals surface area contributed by atoms with Gasteiger partial charge in [-0.1, -0.05) is 13.0 Å². The minimum atomic E-state index is -4.54. The molecule has 0 spiro atoms. The van der Waals surface area contributed by atoms with E-state index in [1.165, 1.54) is 12.4 Å². The summed E-state index contributed by atoms with van der Waals surface area (Å²) in [4.78, 5) is 30.5. The normalized spacial score (nSPS) is 16.9. The summed E-state index contributed by atoms with van der Waals surface area (Å²) in [5, 5.41) is 0. The van der Waals surface area contributed by atoms with Gasteiger partial charge in [-0.3, -0.25) is 14.8 Å². The van der Waals surface area contributed by atoms with E-state index in [0.29, 0.717) is 22.5 Å². The molecule has 33 heavy (non-hydrogen) atoms. The highest BCUT2D eigenvalue weighted by molar-refractivity contribution is 5.99. The lowest BCUT2D eigenvalue weighted by Crippen LogP contribution is -2.47. The fourth-order valence-corrected chi connectivity index (χ4v) is 4.03. The van der Waals surface area contributed by atoms with E-state index in [4.69, 9.17) is 0 Å². The van der Waals surface area contributed by atoms with E-state index in [1.807, 2.05) is 0 Å². The smallest absolute Gasteiger partial charge is 0.338 e. The van der Waals surface area contributed by atoms with Gasteiger partial charge in [0, 0.05) is 37.6 Å². The van der Waals surface area contributed by atoms with Crippen LogP contribution in [0.25, 0.3) is 11.4 Å². The summed E-state index contributed by atoms with van der Waals surface area (Å²) in [5.41, 5.74) is -0.989. The lowest BCUT2D eigenvalue weighted by Gasteiger charge is -2.40. The van der Waals surface area contributed by atoms with Crippen LogP contribution in [0.5, 0.6) is 0 Å². The van der Waals surface area contributed by atoms with Crippen LogP contribution < -0.4 is 0 Å². The first-order valence-corrected chi connectivity index (χ1v) is 10.4. The minimum absolute atomic E-state index is 0.0596. The van der Waals surface area contributed by atoms with E-state index in [9.17, 15) is 18.0 Å². The van der Waals surface area contributed by atoms with Gasteiger partial charge in [0.1, 0.15) is 23.4 Å². The van der Waals surface area contributed by atoms with Crippen LogP contribution in [0.4, 0.5) is 17.6 Å². The molecule has 6 nitrogen and oxygen atoms in total. The first-order valence-electron chi connectivity index (χ1n) is 10.4. The maximum Gasteiger partial charge on any atom is 0.433 e.